The van der Waals surface area contributed by atoms with Gasteiger partial charge in [-0.05, 0) is 24.3 Å². The van der Waals surface area contributed by atoms with Crippen LogP contribution >= 0.6 is 0 Å². The molecule has 1 saturated heterocycles. The van der Waals surface area contributed by atoms with Crippen molar-refractivity contribution in [3.05, 3.63) is 24.3 Å². The molecule has 1 aromatic rings. The normalized spacial score (nSPS) is 18.2. The zero-order valence-electron chi connectivity index (χ0n) is 9.43. The highest BCUT2D eigenvalue weighted by molar-refractivity contribution is 6.05. The largest absolute Gasteiger partial charge is 0.497 e. The number of ether oxygens (including phenoxy) is 1. The Morgan fingerprint density at radius 2 is 1.94 bits per heavy atom. The van der Waals surface area contributed by atoms with Gasteiger partial charge in [0.25, 0.3) is 0 Å². The molecule has 1 fully saturated rings. The number of carbonyl (C=O) groups excluding carboxylic acids is 1. The monoisotopic (exact) mass is 218 g/mol. The highest BCUT2D eigenvalue weighted by Crippen LogP contribution is 2.20. The summed E-state index contributed by atoms with van der Waals surface area (Å²) in [6, 6.07) is 7.47. The Hall–Kier alpha value is -1.84. The van der Waals surface area contributed by atoms with Gasteiger partial charge < -0.3 is 9.64 Å². The van der Waals surface area contributed by atoms with E-state index >= 15 is 0 Å². The molecule has 4 nitrogen and oxygen atoms in total. The summed E-state index contributed by atoms with van der Waals surface area (Å²) >= 11 is 0. The average molecular weight is 218 g/mol. The van der Waals surface area contributed by atoms with Gasteiger partial charge in [0.05, 0.1) is 12.8 Å². The van der Waals surface area contributed by atoms with Gasteiger partial charge in [-0.2, -0.15) is 0 Å². The van der Waals surface area contributed by atoms with Crippen LogP contribution in [0.2, 0.25) is 0 Å². The number of benzene rings is 1. The number of hydrogen-bond donors (Lipinski definition) is 0. The second-order valence-electron chi connectivity index (χ2n) is 3.68. The Labute approximate surface area is 94.5 Å². The Bertz CT molecular complexity index is 423. The minimum absolute atomic E-state index is 0.132. The fraction of sp³-hybridized carbons (Fsp3) is 0.333. The molecule has 84 valence electrons. The predicted octanol–water partition coefficient (Wildman–Crippen LogP) is 1.98. The molecular weight excluding hydrogens is 204 g/mol. The van der Waals surface area contributed by atoms with Crippen LogP contribution in [0.5, 0.6) is 5.75 Å². The Kier molecular flexibility index (Phi) is 2.90. The van der Waals surface area contributed by atoms with Gasteiger partial charge in [0.1, 0.15) is 11.6 Å². The second kappa shape index (κ2) is 4.35. The van der Waals surface area contributed by atoms with E-state index < -0.39 is 0 Å². The minimum atomic E-state index is 0.132. The van der Waals surface area contributed by atoms with Crippen molar-refractivity contribution in [2.75, 3.05) is 14.2 Å². The Morgan fingerprint density at radius 1 is 1.25 bits per heavy atom. The van der Waals surface area contributed by atoms with Gasteiger partial charge in [-0.1, -0.05) is 0 Å². The molecule has 0 spiro atoms. The Balaban J connectivity index is 2.19. The van der Waals surface area contributed by atoms with Crippen LogP contribution in [0.4, 0.5) is 5.69 Å². The van der Waals surface area contributed by atoms with Crippen molar-refractivity contribution in [1.29, 1.82) is 0 Å². The van der Waals surface area contributed by atoms with Crippen LogP contribution in [0, 0.1) is 0 Å². The van der Waals surface area contributed by atoms with E-state index in [1.54, 1.807) is 19.1 Å². The first-order valence-corrected chi connectivity index (χ1v) is 5.19. The predicted molar refractivity (Wildman–Crippen MR) is 62.1 cm³/mol. The number of aliphatic imine (C=N–C) groups is 1. The summed E-state index contributed by atoms with van der Waals surface area (Å²) in [5, 5.41) is 0. The van der Waals surface area contributed by atoms with Crippen LogP contribution in [0.1, 0.15) is 12.8 Å². The van der Waals surface area contributed by atoms with E-state index in [0.717, 1.165) is 23.7 Å². The summed E-state index contributed by atoms with van der Waals surface area (Å²) in [4.78, 5) is 17.3. The van der Waals surface area contributed by atoms with E-state index in [9.17, 15) is 4.79 Å². The topological polar surface area (TPSA) is 41.9 Å². The molecule has 0 N–H and O–H groups in total. The van der Waals surface area contributed by atoms with Crippen molar-refractivity contribution in [3.8, 4) is 5.75 Å². The van der Waals surface area contributed by atoms with Crippen molar-refractivity contribution in [2.24, 2.45) is 4.99 Å². The number of amidine groups is 1. The van der Waals surface area contributed by atoms with E-state index in [2.05, 4.69) is 4.99 Å². The molecule has 2 rings (SSSR count). The van der Waals surface area contributed by atoms with Gasteiger partial charge in [-0.25, -0.2) is 4.99 Å². The maximum absolute atomic E-state index is 11.3. The van der Waals surface area contributed by atoms with E-state index in [1.807, 2.05) is 24.3 Å². The molecule has 1 aromatic carbocycles. The number of likely N-dealkylation sites (tertiary alicyclic amines) is 1. The number of rotatable bonds is 2. The maximum Gasteiger partial charge on any atom is 0.228 e. The molecular formula is C12H14N2O2. The number of nitrogens with zero attached hydrogens (tertiary/aromatic N) is 2. The van der Waals surface area contributed by atoms with Gasteiger partial charge in [0, 0.05) is 19.9 Å². The maximum atomic E-state index is 11.3. The van der Waals surface area contributed by atoms with E-state index in [1.165, 1.54) is 0 Å². The van der Waals surface area contributed by atoms with Crippen LogP contribution in [0.25, 0.3) is 0 Å². The molecule has 1 heterocycles. The van der Waals surface area contributed by atoms with Gasteiger partial charge in [-0.15, -0.1) is 0 Å². The Morgan fingerprint density at radius 3 is 2.44 bits per heavy atom. The molecule has 1 aliphatic heterocycles. The molecule has 0 unspecified atom stereocenters. The SMILES string of the molecule is COc1ccc(N=C2CCC(=O)N2C)cc1. The fourth-order valence-corrected chi connectivity index (χ4v) is 1.63. The van der Waals surface area contributed by atoms with Crippen molar-refractivity contribution in [3.63, 3.8) is 0 Å². The summed E-state index contributed by atoms with van der Waals surface area (Å²) in [6.45, 7) is 0. The van der Waals surface area contributed by atoms with E-state index in [0.29, 0.717) is 6.42 Å². The first kappa shape index (κ1) is 10.7. The van der Waals surface area contributed by atoms with Crippen molar-refractivity contribution < 1.29 is 9.53 Å². The third-order valence-corrected chi connectivity index (χ3v) is 2.65. The van der Waals surface area contributed by atoms with Crippen molar-refractivity contribution >= 4 is 17.4 Å². The van der Waals surface area contributed by atoms with E-state index in [4.69, 9.17) is 4.74 Å². The summed E-state index contributed by atoms with van der Waals surface area (Å²) < 4.78 is 5.06. The molecule has 0 radical (unpaired) electrons. The average Bonchev–Trinajstić information content (AvgIpc) is 2.62. The van der Waals surface area contributed by atoms with Crippen LogP contribution in [-0.4, -0.2) is 30.8 Å². The number of hydrogen-bond acceptors (Lipinski definition) is 3. The lowest BCUT2D eigenvalue weighted by atomic mass is 10.3. The number of amides is 1. The molecule has 0 bridgehead atoms. The summed E-state index contributed by atoms with van der Waals surface area (Å²) in [5.74, 6) is 1.77. The number of carbonyl (C=O) groups is 1. The van der Waals surface area contributed by atoms with Gasteiger partial charge >= 0.3 is 0 Å². The fourth-order valence-electron chi connectivity index (χ4n) is 1.63. The molecule has 0 saturated carbocycles. The molecule has 1 aliphatic rings. The molecule has 4 heteroatoms. The summed E-state index contributed by atoms with van der Waals surface area (Å²) in [7, 11) is 3.39. The molecule has 1 amide bonds. The lowest BCUT2D eigenvalue weighted by molar-refractivity contribution is -0.124. The first-order valence-electron chi connectivity index (χ1n) is 5.19. The van der Waals surface area contributed by atoms with Crippen molar-refractivity contribution in [1.82, 2.24) is 4.90 Å². The van der Waals surface area contributed by atoms with Crippen LogP contribution in [-0.2, 0) is 4.79 Å². The third kappa shape index (κ3) is 2.05. The minimum Gasteiger partial charge on any atom is -0.497 e. The molecule has 0 aliphatic carbocycles. The van der Waals surface area contributed by atoms with Crippen LogP contribution in [0.3, 0.4) is 0 Å². The standard InChI is InChI=1S/C12H14N2O2/c1-14-11(7-8-12(14)15)13-9-3-5-10(16-2)6-4-9/h3-6H,7-8H2,1-2H3. The summed E-state index contributed by atoms with van der Waals surface area (Å²) in [5.41, 5.74) is 0.845. The van der Waals surface area contributed by atoms with Gasteiger partial charge in [0.15, 0.2) is 0 Å². The van der Waals surface area contributed by atoms with E-state index in [-0.39, 0.29) is 5.91 Å². The van der Waals surface area contributed by atoms with Gasteiger partial charge in [-0.3, -0.25) is 4.79 Å². The highest BCUT2D eigenvalue weighted by Gasteiger charge is 2.22. The lowest BCUT2D eigenvalue weighted by Crippen LogP contribution is -2.23. The quantitative estimate of drug-likeness (QED) is 0.761. The third-order valence-electron chi connectivity index (χ3n) is 2.65. The number of methoxy groups -OCH3 is 1. The summed E-state index contributed by atoms with van der Waals surface area (Å²) in [6.07, 6.45) is 1.28. The van der Waals surface area contributed by atoms with Crippen molar-refractivity contribution in [2.45, 2.75) is 12.8 Å². The molecule has 16 heavy (non-hydrogen) atoms. The van der Waals surface area contributed by atoms with Gasteiger partial charge in [0.2, 0.25) is 5.91 Å². The van der Waals surface area contributed by atoms with Crippen LogP contribution in [0.15, 0.2) is 29.3 Å². The van der Waals surface area contributed by atoms with Crippen LogP contribution < -0.4 is 4.74 Å². The smallest absolute Gasteiger partial charge is 0.228 e. The first-order chi connectivity index (χ1) is 7.70. The lowest BCUT2D eigenvalue weighted by Gasteiger charge is -2.09. The molecule has 0 atom stereocenters. The molecule has 0 aromatic heterocycles. The highest BCUT2D eigenvalue weighted by atomic mass is 16.5. The second-order valence-corrected chi connectivity index (χ2v) is 3.68. The zero-order valence-corrected chi connectivity index (χ0v) is 9.43. The zero-order chi connectivity index (χ0) is 11.5.